The van der Waals surface area contributed by atoms with Crippen molar-refractivity contribution >= 4 is 17.8 Å². The molecule has 19 heavy (non-hydrogen) atoms. The molecule has 0 radical (unpaired) electrons. The van der Waals surface area contributed by atoms with Crippen LogP contribution in [-0.2, 0) is 19.1 Å². The van der Waals surface area contributed by atoms with E-state index in [-0.39, 0.29) is 24.7 Å². The number of esters is 1. The second-order valence-electron chi connectivity index (χ2n) is 4.76. The minimum Gasteiger partial charge on any atom is -0.480 e. The van der Waals surface area contributed by atoms with Crippen LogP contribution < -0.4 is 5.32 Å². The number of carboxylic acids is 1. The van der Waals surface area contributed by atoms with Crippen LogP contribution in [0.15, 0.2) is 0 Å². The Balaban J connectivity index is 2.46. The average molecular weight is 272 g/mol. The Labute approximate surface area is 111 Å². The molecule has 0 aromatic carbocycles. The summed E-state index contributed by atoms with van der Waals surface area (Å²) in [5.74, 6) is -2.06. The number of nitrogens with zero attached hydrogens (tertiary/aromatic N) is 1. The van der Waals surface area contributed by atoms with Crippen molar-refractivity contribution in [2.45, 2.75) is 25.3 Å². The number of hydrogen-bond acceptors (Lipinski definition) is 5. The highest BCUT2D eigenvalue weighted by atomic mass is 16.5. The molecule has 1 aliphatic heterocycles. The first kappa shape index (κ1) is 15.4. The van der Waals surface area contributed by atoms with Crippen molar-refractivity contribution in [2.24, 2.45) is 5.92 Å². The normalized spacial score (nSPS) is 20.8. The zero-order chi connectivity index (χ0) is 14.4. The van der Waals surface area contributed by atoms with Crippen molar-refractivity contribution in [1.82, 2.24) is 10.2 Å². The van der Waals surface area contributed by atoms with Gasteiger partial charge in [-0.15, -0.1) is 0 Å². The molecule has 0 aromatic rings. The summed E-state index contributed by atoms with van der Waals surface area (Å²) in [6, 6.07) is -1.04. The molecule has 1 heterocycles. The number of nitrogens with one attached hydrogen (secondary N) is 1. The van der Waals surface area contributed by atoms with E-state index in [1.807, 2.05) is 11.9 Å². The summed E-state index contributed by atoms with van der Waals surface area (Å²) in [6.07, 6.45) is 0.736. The summed E-state index contributed by atoms with van der Waals surface area (Å²) < 4.78 is 4.45. The summed E-state index contributed by atoms with van der Waals surface area (Å²) in [5.41, 5.74) is 0. The number of rotatable bonds is 6. The largest absolute Gasteiger partial charge is 0.480 e. The lowest BCUT2D eigenvalue weighted by Crippen LogP contribution is -2.44. The lowest BCUT2D eigenvalue weighted by molar-refractivity contribution is -0.144. The molecule has 1 unspecified atom stereocenters. The van der Waals surface area contributed by atoms with Crippen LogP contribution in [0.3, 0.4) is 0 Å². The topological polar surface area (TPSA) is 95.9 Å². The first-order valence-electron chi connectivity index (χ1n) is 6.22. The fourth-order valence-electron chi connectivity index (χ4n) is 2.06. The molecule has 0 aliphatic carbocycles. The molecular formula is C12H20N2O5. The van der Waals surface area contributed by atoms with Crippen molar-refractivity contribution in [1.29, 1.82) is 0 Å². The number of ether oxygens (including phenoxy) is 1. The Morgan fingerprint density at radius 2 is 2.16 bits per heavy atom. The standard InChI is InChI=1S/C12H20N2O5/c1-14-6-5-8(7-14)11(16)13-9(12(17)18)3-4-10(15)19-2/h8-9H,3-7H2,1-2H3,(H,13,16)(H,17,18)/t8?,9-/m1/s1. The first-order chi connectivity index (χ1) is 8.93. The highest BCUT2D eigenvalue weighted by molar-refractivity contribution is 5.85. The van der Waals surface area contributed by atoms with Crippen molar-refractivity contribution in [2.75, 3.05) is 27.2 Å². The number of carboxylic acid groups (broad SMARTS) is 1. The predicted octanol–water partition coefficient (Wildman–Crippen LogP) is -0.539. The Morgan fingerprint density at radius 1 is 1.47 bits per heavy atom. The van der Waals surface area contributed by atoms with Gasteiger partial charge in [-0.05, 0) is 26.4 Å². The zero-order valence-corrected chi connectivity index (χ0v) is 11.2. The second kappa shape index (κ2) is 7.08. The maximum absolute atomic E-state index is 11.9. The summed E-state index contributed by atoms with van der Waals surface area (Å²) in [4.78, 5) is 36.0. The molecule has 2 N–H and O–H groups in total. The monoisotopic (exact) mass is 272 g/mol. The Kier molecular flexibility index (Phi) is 5.75. The SMILES string of the molecule is COC(=O)CC[C@@H](NC(=O)C1CCN(C)C1)C(=O)O. The van der Waals surface area contributed by atoms with Gasteiger partial charge in [-0.1, -0.05) is 0 Å². The van der Waals surface area contributed by atoms with Crippen LogP contribution in [0.5, 0.6) is 0 Å². The minimum absolute atomic E-state index is 0.0294. The van der Waals surface area contributed by atoms with Gasteiger partial charge in [0.2, 0.25) is 5.91 Å². The third-order valence-electron chi connectivity index (χ3n) is 3.24. The molecule has 108 valence electrons. The van der Waals surface area contributed by atoms with Crippen LogP contribution in [0.4, 0.5) is 0 Å². The van der Waals surface area contributed by atoms with Crippen molar-refractivity contribution in [3.63, 3.8) is 0 Å². The Bertz CT molecular complexity index is 358. The number of aliphatic carboxylic acids is 1. The number of methoxy groups -OCH3 is 1. The van der Waals surface area contributed by atoms with E-state index >= 15 is 0 Å². The highest BCUT2D eigenvalue weighted by Gasteiger charge is 2.29. The maximum atomic E-state index is 11.9. The Morgan fingerprint density at radius 3 is 2.63 bits per heavy atom. The lowest BCUT2D eigenvalue weighted by atomic mass is 10.1. The summed E-state index contributed by atoms with van der Waals surface area (Å²) in [7, 11) is 3.16. The fourth-order valence-corrected chi connectivity index (χ4v) is 2.06. The van der Waals surface area contributed by atoms with Gasteiger partial charge in [0.15, 0.2) is 0 Å². The second-order valence-corrected chi connectivity index (χ2v) is 4.76. The van der Waals surface area contributed by atoms with Crippen molar-refractivity contribution < 1.29 is 24.2 Å². The highest BCUT2D eigenvalue weighted by Crippen LogP contribution is 2.14. The molecule has 1 rings (SSSR count). The number of carbonyl (C=O) groups is 3. The average Bonchev–Trinajstić information content (AvgIpc) is 2.80. The number of carbonyl (C=O) groups excluding carboxylic acids is 2. The number of likely N-dealkylation sites (tertiary alicyclic amines) is 1. The molecule has 7 heteroatoms. The quantitative estimate of drug-likeness (QED) is 0.630. The van der Waals surface area contributed by atoms with E-state index in [0.717, 1.165) is 13.0 Å². The summed E-state index contributed by atoms with van der Waals surface area (Å²) in [5, 5.41) is 11.5. The smallest absolute Gasteiger partial charge is 0.326 e. The zero-order valence-electron chi connectivity index (χ0n) is 11.2. The van der Waals surface area contributed by atoms with E-state index in [0.29, 0.717) is 6.54 Å². The first-order valence-corrected chi connectivity index (χ1v) is 6.22. The van der Waals surface area contributed by atoms with Gasteiger partial charge in [-0.2, -0.15) is 0 Å². The van der Waals surface area contributed by atoms with E-state index in [1.54, 1.807) is 0 Å². The van der Waals surface area contributed by atoms with E-state index in [4.69, 9.17) is 5.11 Å². The molecule has 1 amide bonds. The van der Waals surface area contributed by atoms with Gasteiger partial charge in [-0.3, -0.25) is 9.59 Å². The van der Waals surface area contributed by atoms with Crippen LogP contribution in [0.2, 0.25) is 0 Å². The lowest BCUT2D eigenvalue weighted by Gasteiger charge is -2.17. The van der Waals surface area contributed by atoms with E-state index in [2.05, 4.69) is 10.1 Å². The third kappa shape index (κ3) is 4.86. The number of amides is 1. The van der Waals surface area contributed by atoms with Gasteiger partial charge in [0, 0.05) is 13.0 Å². The van der Waals surface area contributed by atoms with Gasteiger partial charge in [0.1, 0.15) is 6.04 Å². The number of hydrogen-bond donors (Lipinski definition) is 2. The Hall–Kier alpha value is -1.63. The molecule has 1 aliphatic rings. The van der Waals surface area contributed by atoms with Crippen LogP contribution in [0.1, 0.15) is 19.3 Å². The van der Waals surface area contributed by atoms with Crippen LogP contribution in [0, 0.1) is 5.92 Å². The van der Waals surface area contributed by atoms with Crippen LogP contribution in [0.25, 0.3) is 0 Å². The molecule has 0 spiro atoms. The van der Waals surface area contributed by atoms with Gasteiger partial charge >= 0.3 is 11.9 Å². The summed E-state index contributed by atoms with van der Waals surface area (Å²) >= 11 is 0. The van der Waals surface area contributed by atoms with Crippen LogP contribution >= 0.6 is 0 Å². The molecule has 0 bridgehead atoms. The van der Waals surface area contributed by atoms with Gasteiger partial charge in [-0.25, -0.2) is 4.79 Å². The van der Waals surface area contributed by atoms with Gasteiger partial charge in [0.25, 0.3) is 0 Å². The third-order valence-corrected chi connectivity index (χ3v) is 3.24. The van der Waals surface area contributed by atoms with E-state index in [1.165, 1.54) is 7.11 Å². The molecular weight excluding hydrogens is 252 g/mol. The van der Waals surface area contributed by atoms with E-state index < -0.39 is 18.0 Å². The molecule has 1 fully saturated rings. The van der Waals surface area contributed by atoms with Crippen molar-refractivity contribution in [3.05, 3.63) is 0 Å². The fraction of sp³-hybridized carbons (Fsp3) is 0.750. The molecule has 0 saturated carbocycles. The maximum Gasteiger partial charge on any atom is 0.326 e. The summed E-state index contributed by atoms with van der Waals surface area (Å²) in [6.45, 7) is 1.47. The molecule has 2 atom stereocenters. The van der Waals surface area contributed by atoms with Crippen molar-refractivity contribution in [3.8, 4) is 0 Å². The van der Waals surface area contributed by atoms with Crippen LogP contribution in [-0.4, -0.2) is 61.1 Å². The molecule has 7 nitrogen and oxygen atoms in total. The molecule has 0 aromatic heterocycles. The van der Waals surface area contributed by atoms with Gasteiger partial charge < -0.3 is 20.1 Å². The molecule has 1 saturated heterocycles. The van der Waals surface area contributed by atoms with E-state index in [9.17, 15) is 14.4 Å². The van der Waals surface area contributed by atoms with Gasteiger partial charge in [0.05, 0.1) is 13.0 Å². The predicted molar refractivity (Wildman–Crippen MR) is 66.4 cm³/mol. The minimum atomic E-state index is -1.14.